The van der Waals surface area contributed by atoms with Crippen molar-refractivity contribution < 1.29 is 8.83 Å². The summed E-state index contributed by atoms with van der Waals surface area (Å²) < 4.78 is 13.5. The molecule has 80 heavy (non-hydrogen) atoms. The molecule has 10 aromatic carbocycles. The molecule has 0 amide bonds. The van der Waals surface area contributed by atoms with Crippen LogP contribution in [0.25, 0.3) is 55.0 Å². The minimum atomic E-state index is -0.231. The molecule has 2 aliphatic rings. The van der Waals surface area contributed by atoms with E-state index in [1.165, 1.54) is 61.0 Å². The zero-order valence-electron chi connectivity index (χ0n) is 47.8. The summed E-state index contributed by atoms with van der Waals surface area (Å²) in [5.41, 5.74) is 25.8. The molecule has 2 aromatic heterocycles. The predicted octanol–water partition coefficient (Wildman–Crippen LogP) is 19.2. The van der Waals surface area contributed by atoms with Crippen molar-refractivity contribution >= 4 is 118 Å². The highest BCUT2D eigenvalue weighted by Crippen LogP contribution is 2.52. The van der Waals surface area contributed by atoms with Crippen molar-refractivity contribution in [2.75, 3.05) is 14.7 Å². The van der Waals surface area contributed by atoms with Crippen molar-refractivity contribution in [1.29, 1.82) is 0 Å². The van der Waals surface area contributed by atoms with Crippen LogP contribution in [0.1, 0.15) is 90.1 Å². The number of hydrogen-bond acceptors (Lipinski definition) is 5. The molecule has 2 aliphatic heterocycles. The fourth-order valence-electron chi connectivity index (χ4n) is 13.0. The maximum Gasteiger partial charge on any atom is 0.252 e. The lowest BCUT2D eigenvalue weighted by Gasteiger charge is -2.45. The van der Waals surface area contributed by atoms with E-state index in [1.807, 2.05) is 0 Å². The Morgan fingerprint density at radius 2 is 0.863 bits per heavy atom. The minimum absolute atomic E-state index is 0.00261. The van der Waals surface area contributed by atoms with Gasteiger partial charge in [0.15, 0.2) is 0 Å². The van der Waals surface area contributed by atoms with Crippen LogP contribution in [0.5, 0.6) is 0 Å². The van der Waals surface area contributed by atoms with E-state index >= 15 is 0 Å². The number of benzene rings is 10. The summed E-state index contributed by atoms with van der Waals surface area (Å²) in [6.07, 6.45) is 0. The van der Waals surface area contributed by atoms with E-state index in [4.69, 9.17) is 8.83 Å². The van der Waals surface area contributed by atoms with E-state index < -0.39 is 0 Å². The van der Waals surface area contributed by atoms with Crippen LogP contribution < -0.4 is 31.1 Å². The number of aryl methyl sites for hydroxylation is 2. The van der Waals surface area contributed by atoms with Gasteiger partial charge in [-0.2, -0.15) is 0 Å². The normalized spacial score (nSPS) is 13.4. The van der Waals surface area contributed by atoms with Gasteiger partial charge in [-0.25, -0.2) is 0 Å². The summed E-state index contributed by atoms with van der Waals surface area (Å²) in [5.74, 6) is 0. The number of para-hydroxylation sites is 2. The van der Waals surface area contributed by atoms with Gasteiger partial charge < -0.3 is 23.5 Å². The van der Waals surface area contributed by atoms with E-state index in [-0.39, 0.29) is 23.0 Å². The van der Waals surface area contributed by atoms with Gasteiger partial charge >= 0.3 is 0 Å². The highest BCUT2D eigenvalue weighted by atomic mass is 16.3. The third-order valence-electron chi connectivity index (χ3n) is 17.1. The van der Waals surface area contributed by atoms with E-state index in [2.05, 4.69) is 291 Å². The van der Waals surface area contributed by atoms with Gasteiger partial charge in [-0.15, -0.1) is 0 Å². The molecule has 0 radical (unpaired) electrons. The molecule has 0 saturated heterocycles. The quantitative estimate of drug-likeness (QED) is 0.155. The zero-order valence-corrected chi connectivity index (χ0v) is 47.8. The van der Waals surface area contributed by atoms with Gasteiger partial charge in [0, 0.05) is 44.9 Å². The Hall–Kier alpha value is -8.74. The van der Waals surface area contributed by atoms with Crippen LogP contribution in [0.4, 0.5) is 51.2 Å². The van der Waals surface area contributed by atoms with Crippen molar-refractivity contribution in [2.24, 2.45) is 0 Å². The average Bonchev–Trinajstić information content (AvgIpc) is 4.15. The zero-order chi connectivity index (χ0) is 55.1. The number of rotatable bonds is 6. The molecule has 392 valence electrons. The topological polar surface area (TPSA) is 36.0 Å². The Morgan fingerprint density at radius 3 is 1.43 bits per heavy atom. The Balaban J connectivity index is 1.11. The standard InChI is InChI=1S/C74H66BN3O2/c1-45-39-50(73(6,7)8)40-46(2)71(45)76(52-34-32-49(33-35-52)72(3,4)5)53-36-37-56-61(44-53)78(60-26-20-30-67-69(60)55-24-16-18-28-65(55)80-67)63-43-51(74(9,10)11)42-62-70(63)75(56)57-41-48(47-21-13-12-14-22-47)31-38-58(57)77(62)59-25-19-29-66-68(59)54-23-15-17-27-64(54)79-66/h12-44H,1-11H3. The fourth-order valence-corrected chi connectivity index (χ4v) is 13.0. The smallest absolute Gasteiger partial charge is 0.252 e. The Morgan fingerprint density at radius 1 is 0.362 bits per heavy atom. The van der Waals surface area contributed by atoms with Crippen molar-refractivity contribution in [3.05, 3.63) is 228 Å². The molecule has 0 bridgehead atoms. The van der Waals surface area contributed by atoms with Crippen molar-refractivity contribution in [1.82, 2.24) is 0 Å². The van der Waals surface area contributed by atoms with Gasteiger partial charge in [0.05, 0.1) is 27.8 Å². The summed E-state index contributed by atoms with van der Waals surface area (Å²) >= 11 is 0. The van der Waals surface area contributed by atoms with Crippen LogP contribution in [-0.4, -0.2) is 6.71 Å². The first kappa shape index (κ1) is 49.6. The largest absolute Gasteiger partial charge is 0.456 e. The van der Waals surface area contributed by atoms with Crippen molar-refractivity contribution in [2.45, 2.75) is 92.4 Å². The van der Waals surface area contributed by atoms with Gasteiger partial charge in [0.1, 0.15) is 22.3 Å². The predicted molar refractivity (Wildman–Crippen MR) is 341 cm³/mol. The fraction of sp³-hybridized carbons (Fsp3) is 0.189. The second kappa shape index (κ2) is 17.9. The van der Waals surface area contributed by atoms with Crippen LogP contribution >= 0.6 is 0 Å². The van der Waals surface area contributed by atoms with Gasteiger partial charge in [-0.3, -0.25) is 0 Å². The first-order valence-electron chi connectivity index (χ1n) is 28.4. The second-order valence-corrected chi connectivity index (χ2v) is 25.5. The van der Waals surface area contributed by atoms with Gasteiger partial charge in [0.2, 0.25) is 0 Å². The third kappa shape index (κ3) is 7.81. The molecular formula is C74H66BN3O2. The molecule has 12 aromatic rings. The van der Waals surface area contributed by atoms with E-state index in [0.717, 1.165) is 89.4 Å². The number of furan rings is 2. The van der Waals surface area contributed by atoms with Crippen LogP contribution in [0.2, 0.25) is 0 Å². The van der Waals surface area contributed by atoms with Gasteiger partial charge in [-0.05, 0) is 164 Å². The summed E-state index contributed by atoms with van der Waals surface area (Å²) in [5, 5.41) is 4.36. The number of fused-ring (bicyclic) bond motifs is 10. The molecule has 0 N–H and O–H groups in total. The Bertz CT molecular complexity index is 4440. The molecule has 0 unspecified atom stereocenters. The maximum atomic E-state index is 6.78. The lowest BCUT2D eigenvalue weighted by molar-refractivity contribution is 0.589. The summed E-state index contributed by atoms with van der Waals surface area (Å²) in [4.78, 5) is 7.66. The highest BCUT2D eigenvalue weighted by Gasteiger charge is 2.45. The maximum absolute atomic E-state index is 6.78. The molecule has 0 atom stereocenters. The van der Waals surface area contributed by atoms with Crippen LogP contribution in [0.15, 0.2) is 209 Å². The second-order valence-electron chi connectivity index (χ2n) is 25.5. The van der Waals surface area contributed by atoms with Crippen LogP contribution in [0, 0.1) is 13.8 Å². The molecular weight excluding hydrogens is 974 g/mol. The molecule has 0 saturated carbocycles. The van der Waals surface area contributed by atoms with Crippen LogP contribution in [0.3, 0.4) is 0 Å². The summed E-state index contributed by atoms with van der Waals surface area (Å²) in [6.45, 7) is 25.3. The summed E-state index contributed by atoms with van der Waals surface area (Å²) in [7, 11) is 0. The lowest BCUT2D eigenvalue weighted by Crippen LogP contribution is -2.61. The summed E-state index contributed by atoms with van der Waals surface area (Å²) in [6, 6.07) is 74.6. The van der Waals surface area contributed by atoms with E-state index in [1.54, 1.807) is 0 Å². The molecule has 0 fully saturated rings. The first-order chi connectivity index (χ1) is 38.4. The molecule has 5 nitrogen and oxygen atoms in total. The minimum Gasteiger partial charge on any atom is -0.456 e. The molecule has 0 aliphatic carbocycles. The average molecular weight is 1040 g/mol. The van der Waals surface area contributed by atoms with E-state index in [9.17, 15) is 0 Å². The van der Waals surface area contributed by atoms with E-state index in [0.29, 0.717) is 0 Å². The lowest BCUT2D eigenvalue weighted by atomic mass is 9.33. The number of anilines is 9. The Kier molecular flexibility index (Phi) is 11.1. The first-order valence-corrected chi connectivity index (χ1v) is 28.4. The molecule has 14 rings (SSSR count). The highest BCUT2D eigenvalue weighted by molar-refractivity contribution is 7.00. The van der Waals surface area contributed by atoms with Crippen LogP contribution in [-0.2, 0) is 16.2 Å². The monoisotopic (exact) mass is 1040 g/mol. The SMILES string of the molecule is Cc1cc(C(C)(C)C)cc(C)c1N(c1ccc(C(C)(C)C)cc1)c1ccc2c(c1)N(c1cccc3oc4ccccc4c13)c1cc(C(C)(C)C)cc3c1B2c1cc(-c2ccccc2)ccc1N3c1cccc2oc3ccccc3c12. The van der Waals surface area contributed by atoms with Crippen molar-refractivity contribution in [3.63, 3.8) is 0 Å². The third-order valence-corrected chi connectivity index (χ3v) is 17.1. The molecule has 0 spiro atoms. The number of nitrogens with zero attached hydrogens (tertiary/aromatic N) is 3. The molecule has 6 heteroatoms. The van der Waals surface area contributed by atoms with Gasteiger partial charge in [-0.1, -0.05) is 184 Å². The van der Waals surface area contributed by atoms with Gasteiger partial charge in [0.25, 0.3) is 6.71 Å². The number of hydrogen-bond donors (Lipinski definition) is 0. The molecule has 4 heterocycles. The Labute approximate surface area is 470 Å². The van der Waals surface area contributed by atoms with Crippen molar-refractivity contribution in [3.8, 4) is 11.1 Å².